The number of nitrogens with zero attached hydrogens (tertiary/aromatic N) is 4. The molecule has 3 rings (SSSR count). The third-order valence-electron chi connectivity index (χ3n) is 3.36. The second-order valence-corrected chi connectivity index (χ2v) is 4.92. The molecule has 24 heavy (non-hydrogen) atoms. The fraction of sp³-hybridized carbons (Fsp3) is 0.188. The first kappa shape index (κ1) is 18.0. The number of aromatic nitrogens is 3. The third kappa shape index (κ3) is 4.34. The molecule has 0 aliphatic carbocycles. The van der Waals surface area contributed by atoms with Gasteiger partial charge in [-0.05, 0) is 36.4 Å². The highest BCUT2D eigenvalue weighted by Gasteiger charge is 2.03. The number of nitrogens with two attached hydrogens (primary N) is 1. The lowest BCUT2D eigenvalue weighted by Crippen LogP contribution is -2.23. The van der Waals surface area contributed by atoms with Crippen LogP contribution in [0.5, 0.6) is 5.75 Å². The first-order valence-corrected chi connectivity index (χ1v) is 7.26. The highest BCUT2D eigenvalue weighted by atomic mass is 127. The molecule has 0 atom stereocenters. The van der Waals surface area contributed by atoms with Gasteiger partial charge in [0.05, 0.1) is 7.11 Å². The molecule has 0 unspecified atom stereocenters. The summed E-state index contributed by atoms with van der Waals surface area (Å²) in [5.41, 5.74) is 7.58. The number of nitrogens with one attached hydrogen (secondary N) is 1. The maximum atomic E-state index is 5.89. The molecule has 3 aromatic rings. The monoisotopic (exact) mass is 438 g/mol. The van der Waals surface area contributed by atoms with Gasteiger partial charge in [0.25, 0.3) is 0 Å². The third-order valence-corrected chi connectivity index (χ3v) is 3.36. The standard InChI is InChI=1S/C16H18N6O.HI/c1-23-13-7-5-12(6-8-13)19-16(17)18-10-9-15-21-20-14-4-2-3-11-22(14)15;/h2-8,11H,9-10H2,1H3,(H3,17,18,19);1H. The molecule has 1 aromatic carbocycles. The van der Waals surface area contributed by atoms with E-state index < -0.39 is 0 Å². The van der Waals surface area contributed by atoms with E-state index in [0.717, 1.165) is 22.9 Å². The number of halogens is 1. The predicted octanol–water partition coefficient (Wildman–Crippen LogP) is 2.33. The van der Waals surface area contributed by atoms with Gasteiger partial charge < -0.3 is 15.8 Å². The Kier molecular flexibility index (Phi) is 6.36. The van der Waals surface area contributed by atoms with Crippen molar-refractivity contribution in [2.45, 2.75) is 6.42 Å². The Morgan fingerprint density at radius 1 is 1.21 bits per heavy atom. The number of anilines is 1. The first-order chi connectivity index (χ1) is 11.3. The van der Waals surface area contributed by atoms with Gasteiger partial charge >= 0.3 is 0 Å². The summed E-state index contributed by atoms with van der Waals surface area (Å²) in [5, 5.41) is 11.3. The summed E-state index contributed by atoms with van der Waals surface area (Å²) in [6.07, 6.45) is 2.60. The zero-order valence-electron chi connectivity index (χ0n) is 13.2. The second-order valence-electron chi connectivity index (χ2n) is 4.92. The molecule has 2 aromatic heterocycles. The number of methoxy groups -OCH3 is 1. The first-order valence-electron chi connectivity index (χ1n) is 7.26. The summed E-state index contributed by atoms with van der Waals surface area (Å²) >= 11 is 0. The van der Waals surface area contributed by atoms with Gasteiger partial charge in [0.1, 0.15) is 11.6 Å². The molecule has 3 N–H and O–H groups in total. The SMILES string of the molecule is COc1ccc(NC(N)=NCCc2nnc3ccccn23)cc1.I. The average molecular weight is 438 g/mol. The van der Waals surface area contributed by atoms with Crippen LogP contribution in [0.15, 0.2) is 53.7 Å². The molecular formula is C16H19IN6O. The maximum absolute atomic E-state index is 5.89. The van der Waals surface area contributed by atoms with Crippen LogP contribution in [-0.4, -0.2) is 34.2 Å². The molecule has 7 nitrogen and oxygen atoms in total. The number of hydrogen-bond acceptors (Lipinski definition) is 4. The number of guanidine groups is 1. The van der Waals surface area contributed by atoms with Gasteiger partial charge in [-0.25, -0.2) is 0 Å². The molecule has 0 bridgehead atoms. The van der Waals surface area contributed by atoms with Crippen LogP contribution in [-0.2, 0) is 6.42 Å². The van der Waals surface area contributed by atoms with E-state index in [1.165, 1.54) is 0 Å². The van der Waals surface area contributed by atoms with Crippen molar-refractivity contribution < 1.29 is 4.74 Å². The molecule has 126 valence electrons. The molecular weight excluding hydrogens is 419 g/mol. The number of hydrogen-bond donors (Lipinski definition) is 2. The van der Waals surface area contributed by atoms with E-state index in [9.17, 15) is 0 Å². The zero-order chi connectivity index (χ0) is 16.1. The van der Waals surface area contributed by atoms with Gasteiger partial charge in [-0.1, -0.05) is 6.07 Å². The van der Waals surface area contributed by atoms with Crippen LogP contribution in [0.4, 0.5) is 5.69 Å². The van der Waals surface area contributed by atoms with Crippen molar-refractivity contribution >= 4 is 41.3 Å². The van der Waals surface area contributed by atoms with Gasteiger partial charge in [0.2, 0.25) is 0 Å². The van der Waals surface area contributed by atoms with Gasteiger partial charge in [0, 0.05) is 24.8 Å². The number of aliphatic imine (C=N–C) groups is 1. The van der Waals surface area contributed by atoms with Crippen molar-refractivity contribution in [2.24, 2.45) is 10.7 Å². The smallest absolute Gasteiger partial charge is 0.193 e. The Labute approximate surface area is 157 Å². The lowest BCUT2D eigenvalue weighted by Gasteiger charge is -2.06. The van der Waals surface area contributed by atoms with Crippen LogP contribution in [0, 0.1) is 0 Å². The van der Waals surface area contributed by atoms with E-state index in [1.807, 2.05) is 53.1 Å². The molecule has 0 radical (unpaired) electrons. The molecule has 0 saturated carbocycles. The number of benzene rings is 1. The van der Waals surface area contributed by atoms with Crippen molar-refractivity contribution in [3.05, 3.63) is 54.5 Å². The minimum Gasteiger partial charge on any atom is -0.497 e. The van der Waals surface area contributed by atoms with E-state index >= 15 is 0 Å². The Bertz CT molecular complexity index is 815. The van der Waals surface area contributed by atoms with Crippen LogP contribution in [0.3, 0.4) is 0 Å². The van der Waals surface area contributed by atoms with Crippen molar-refractivity contribution in [3.8, 4) is 5.75 Å². The van der Waals surface area contributed by atoms with Crippen LogP contribution >= 0.6 is 24.0 Å². The molecule has 0 saturated heterocycles. The highest BCUT2D eigenvalue weighted by Crippen LogP contribution is 2.14. The summed E-state index contributed by atoms with van der Waals surface area (Å²) in [5.74, 6) is 2.02. The topological polar surface area (TPSA) is 89.8 Å². The largest absolute Gasteiger partial charge is 0.497 e. The Morgan fingerprint density at radius 3 is 2.75 bits per heavy atom. The quantitative estimate of drug-likeness (QED) is 0.363. The summed E-state index contributed by atoms with van der Waals surface area (Å²) in [7, 11) is 1.63. The summed E-state index contributed by atoms with van der Waals surface area (Å²) in [6, 6.07) is 13.3. The van der Waals surface area contributed by atoms with Crippen LogP contribution in [0.1, 0.15) is 5.82 Å². The summed E-state index contributed by atoms with van der Waals surface area (Å²) < 4.78 is 7.06. The van der Waals surface area contributed by atoms with E-state index in [1.54, 1.807) is 7.11 Å². The molecule has 8 heteroatoms. The highest BCUT2D eigenvalue weighted by molar-refractivity contribution is 14.0. The fourth-order valence-electron chi connectivity index (χ4n) is 2.20. The van der Waals surface area contributed by atoms with Crippen LogP contribution < -0.4 is 15.8 Å². The zero-order valence-corrected chi connectivity index (χ0v) is 15.5. The number of fused-ring (bicyclic) bond motifs is 1. The lowest BCUT2D eigenvalue weighted by atomic mass is 10.3. The van der Waals surface area contributed by atoms with Crippen LogP contribution in [0.25, 0.3) is 5.65 Å². The van der Waals surface area contributed by atoms with E-state index in [4.69, 9.17) is 10.5 Å². The van der Waals surface area contributed by atoms with Crippen molar-refractivity contribution in [3.63, 3.8) is 0 Å². The van der Waals surface area contributed by atoms with E-state index in [-0.39, 0.29) is 24.0 Å². The second kappa shape index (κ2) is 8.48. The fourth-order valence-corrected chi connectivity index (χ4v) is 2.20. The molecule has 0 spiro atoms. The van der Waals surface area contributed by atoms with Gasteiger partial charge in [0.15, 0.2) is 11.6 Å². The minimum absolute atomic E-state index is 0. The summed E-state index contributed by atoms with van der Waals surface area (Å²) in [4.78, 5) is 4.31. The number of rotatable bonds is 5. The number of ether oxygens (including phenoxy) is 1. The predicted molar refractivity (Wildman–Crippen MR) is 105 cm³/mol. The lowest BCUT2D eigenvalue weighted by molar-refractivity contribution is 0.415. The molecule has 0 fully saturated rings. The van der Waals surface area contributed by atoms with Crippen molar-refractivity contribution in [1.82, 2.24) is 14.6 Å². The maximum Gasteiger partial charge on any atom is 0.193 e. The molecule has 0 aliphatic heterocycles. The number of pyridine rings is 1. The molecule has 2 heterocycles. The van der Waals surface area contributed by atoms with Crippen molar-refractivity contribution in [2.75, 3.05) is 19.0 Å². The van der Waals surface area contributed by atoms with Gasteiger partial charge in [-0.2, -0.15) is 0 Å². The summed E-state index contributed by atoms with van der Waals surface area (Å²) in [6.45, 7) is 0.532. The van der Waals surface area contributed by atoms with Crippen molar-refractivity contribution in [1.29, 1.82) is 0 Å². The molecule has 0 amide bonds. The Balaban J connectivity index is 0.00000208. The average Bonchev–Trinajstić information content (AvgIpc) is 2.99. The normalized spacial score (nSPS) is 11.1. The van der Waals surface area contributed by atoms with E-state index in [2.05, 4.69) is 20.5 Å². The van der Waals surface area contributed by atoms with Gasteiger partial charge in [-0.15, -0.1) is 34.2 Å². The Morgan fingerprint density at radius 2 is 2.00 bits per heavy atom. The minimum atomic E-state index is 0. The molecule has 0 aliphatic rings. The van der Waals surface area contributed by atoms with Gasteiger partial charge in [-0.3, -0.25) is 9.39 Å². The Hall–Kier alpha value is -2.36. The van der Waals surface area contributed by atoms with Crippen LogP contribution in [0.2, 0.25) is 0 Å². The van der Waals surface area contributed by atoms with E-state index in [0.29, 0.717) is 18.9 Å².